The zero-order chi connectivity index (χ0) is 17.2. The van der Waals surface area contributed by atoms with Gasteiger partial charge in [-0.1, -0.05) is 29.8 Å². The quantitative estimate of drug-likeness (QED) is 0.848. The summed E-state index contributed by atoms with van der Waals surface area (Å²) in [6.45, 7) is 7.96. The summed E-state index contributed by atoms with van der Waals surface area (Å²) in [5, 5.41) is 0. The molecule has 2 heterocycles. The Morgan fingerprint density at radius 2 is 1.71 bits per heavy atom. The number of carbonyl (C=O) groups excluding carboxylic acids is 1. The van der Waals surface area contributed by atoms with E-state index >= 15 is 0 Å². The van der Waals surface area contributed by atoms with Crippen LogP contribution in [0, 0.1) is 12.3 Å². The van der Waals surface area contributed by atoms with Crippen molar-refractivity contribution in [2.24, 2.45) is 5.41 Å². The second-order valence-corrected chi connectivity index (χ2v) is 8.06. The maximum atomic E-state index is 12.3. The lowest BCUT2D eigenvalue weighted by molar-refractivity contribution is -0.131. The summed E-state index contributed by atoms with van der Waals surface area (Å²) >= 11 is 0. The second-order valence-electron chi connectivity index (χ2n) is 8.06. The molecule has 3 rings (SSSR count). The van der Waals surface area contributed by atoms with Gasteiger partial charge in [-0.15, -0.1) is 0 Å². The Hall–Kier alpha value is -1.39. The smallest absolute Gasteiger partial charge is 0.236 e. The highest BCUT2D eigenvalue weighted by atomic mass is 16.2. The number of aryl methyl sites for hydroxylation is 1. The normalized spacial score (nSPS) is 20.9. The van der Waals surface area contributed by atoms with Crippen LogP contribution in [0.1, 0.15) is 30.4 Å². The van der Waals surface area contributed by atoms with Crippen LogP contribution in [0.25, 0.3) is 0 Å². The zero-order valence-electron chi connectivity index (χ0n) is 15.4. The van der Waals surface area contributed by atoms with E-state index in [1.54, 1.807) is 0 Å². The van der Waals surface area contributed by atoms with Gasteiger partial charge in [0.15, 0.2) is 0 Å². The molecule has 0 aliphatic carbocycles. The Bertz CT molecular complexity index is 559. The maximum absolute atomic E-state index is 12.3. The molecule has 0 atom stereocenters. The standard InChI is InChI=1S/C20H31N3O/c1-17-4-6-18(7-5-17)14-22-11-8-20(9-12-22)10-13-23(16-20)19(24)15-21(2)3/h4-7H,8-16H2,1-3H3. The minimum Gasteiger partial charge on any atom is -0.341 e. The fourth-order valence-corrected chi connectivity index (χ4v) is 4.06. The molecule has 0 radical (unpaired) electrons. The van der Waals surface area contributed by atoms with Crippen molar-refractivity contribution in [1.82, 2.24) is 14.7 Å². The molecule has 1 spiro atoms. The van der Waals surface area contributed by atoms with Crippen LogP contribution < -0.4 is 0 Å². The average Bonchev–Trinajstić information content (AvgIpc) is 2.96. The SMILES string of the molecule is Cc1ccc(CN2CCC3(CC2)CCN(C(=O)CN(C)C)C3)cc1. The summed E-state index contributed by atoms with van der Waals surface area (Å²) in [5.41, 5.74) is 3.11. The average molecular weight is 329 g/mol. The van der Waals surface area contributed by atoms with Gasteiger partial charge in [0.05, 0.1) is 6.54 Å². The van der Waals surface area contributed by atoms with Crippen molar-refractivity contribution in [3.63, 3.8) is 0 Å². The van der Waals surface area contributed by atoms with E-state index in [4.69, 9.17) is 0 Å². The van der Waals surface area contributed by atoms with E-state index in [2.05, 4.69) is 41.0 Å². The minimum absolute atomic E-state index is 0.291. The summed E-state index contributed by atoms with van der Waals surface area (Å²) in [5.74, 6) is 0.291. The first-order valence-electron chi connectivity index (χ1n) is 9.16. The molecule has 2 aliphatic rings. The van der Waals surface area contributed by atoms with Crippen LogP contribution in [0.15, 0.2) is 24.3 Å². The summed E-state index contributed by atoms with van der Waals surface area (Å²) < 4.78 is 0. The summed E-state index contributed by atoms with van der Waals surface area (Å²) in [7, 11) is 3.93. The fraction of sp³-hybridized carbons (Fsp3) is 0.650. The number of amides is 1. The van der Waals surface area contributed by atoms with Gasteiger partial charge < -0.3 is 9.80 Å². The lowest BCUT2D eigenvalue weighted by atomic mass is 9.77. The van der Waals surface area contributed by atoms with Crippen molar-refractivity contribution in [3.8, 4) is 0 Å². The van der Waals surface area contributed by atoms with Crippen LogP contribution in [0.3, 0.4) is 0 Å². The molecule has 0 N–H and O–H groups in total. The van der Waals surface area contributed by atoms with E-state index in [1.807, 2.05) is 19.0 Å². The van der Waals surface area contributed by atoms with Gasteiger partial charge in [-0.05, 0) is 64.3 Å². The topological polar surface area (TPSA) is 26.8 Å². The van der Waals surface area contributed by atoms with Gasteiger partial charge >= 0.3 is 0 Å². The first kappa shape index (κ1) is 17.4. The molecule has 2 saturated heterocycles. The van der Waals surface area contributed by atoms with Gasteiger partial charge in [-0.25, -0.2) is 0 Å². The Balaban J connectivity index is 1.50. The third-order valence-electron chi connectivity index (χ3n) is 5.69. The van der Waals surface area contributed by atoms with Crippen LogP contribution >= 0.6 is 0 Å². The predicted octanol–water partition coefficient (Wildman–Crippen LogP) is 2.37. The Morgan fingerprint density at radius 1 is 1.08 bits per heavy atom. The summed E-state index contributed by atoms with van der Waals surface area (Å²) in [6, 6.07) is 8.89. The third kappa shape index (κ3) is 4.17. The monoisotopic (exact) mass is 329 g/mol. The predicted molar refractivity (Wildman–Crippen MR) is 97.9 cm³/mol. The molecule has 2 aliphatic heterocycles. The van der Waals surface area contributed by atoms with E-state index in [1.165, 1.54) is 30.4 Å². The molecule has 1 aromatic rings. The highest BCUT2D eigenvalue weighted by Crippen LogP contribution is 2.40. The van der Waals surface area contributed by atoms with Gasteiger partial charge in [0.2, 0.25) is 5.91 Å². The van der Waals surface area contributed by atoms with Crippen LogP contribution in [0.4, 0.5) is 0 Å². The maximum Gasteiger partial charge on any atom is 0.236 e. The molecular weight excluding hydrogens is 298 g/mol. The number of likely N-dealkylation sites (N-methyl/N-ethyl adjacent to an activating group) is 1. The lowest BCUT2D eigenvalue weighted by Crippen LogP contribution is -2.43. The van der Waals surface area contributed by atoms with Crippen molar-refractivity contribution in [3.05, 3.63) is 35.4 Å². The molecule has 4 nitrogen and oxygen atoms in total. The van der Waals surface area contributed by atoms with Gasteiger partial charge in [0, 0.05) is 19.6 Å². The van der Waals surface area contributed by atoms with Gasteiger partial charge in [-0.3, -0.25) is 9.69 Å². The number of benzene rings is 1. The molecule has 0 bridgehead atoms. The molecule has 4 heteroatoms. The second kappa shape index (κ2) is 7.24. The van der Waals surface area contributed by atoms with Crippen molar-refractivity contribution in [2.75, 3.05) is 46.8 Å². The van der Waals surface area contributed by atoms with Gasteiger partial charge in [0.1, 0.15) is 0 Å². The molecule has 2 fully saturated rings. The Kier molecular flexibility index (Phi) is 5.26. The van der Waals surface area contributed by atoms with Crippen LogP contribution in [-0.2, 0) is 11.3 Å². The summed E-state index contributed by atoms with van der Waals surface area (Å²) in [4.78, 5) is 18.9. The highest BCUT2D eigenvalue weighted by molar-refractivity contribution is 5.78. The van der Waals surface area contributed by atoms with E-state index in [9.17, 15) is 4.79 Å². The van der Waals surface area contributed by atoms with Crippen molar-refractivity contribution in [1.29, 1.82) is 0 Å². The van der Waals surface area contributed by atoms with E-state index in [-0.39, 0.29) is 0 Å². The molecule has 0 saturated carbocycles. The van der Waals surface area contributed by atoms with Crippen molar-refractivity contribution < 1.29 is 4.79 Å². The molecule has 1 aromatic carbocycles. The molecule has 24 heavy (non-hydrogen) atoms. The van der Waals surface area contributed by atoms with Gasteiger partial charge in [0.25, 0.3) is 0 Å². The number of piperidine rings is 1. The molecule has 1 amide bonds. The fourth-order valence-electron chi connectivity index (χ4n) is 4.06. The Morgan fingerprint density at radius 3 is 2.33 bits per heavy atom. The van der Waals surface area contributed by atoms with Crippen LogP contribution in [0.2, 0.25) is 0 Å². The van der Waals surface area contributed by atoms with Crippen LogP contribution in [0.5, 0.6) is 0 Å². The van der Waals surface area contributed by atoms with Crippen molar-refractivity contribution in [2.45, 2.75) is 32.7 Å². The van der Waals surface area contributed by atoms with E-state index < -0.39 is 0 Å². The van der Waals surface area contributed by atoms with Crippen LogP contribution in [-0.4, -0.2) is 67.4 Å². The number of likely N-dealkylation sites (tertiary alicyclic amines) is 2. The number of rotatable bonds is 4. The lowest BCUT2D eigenvalue weighted by Gasteiger charge is -2.39. The largest absolute Gasteiger partial charge is 0.341 e. The number of carbonyl (C=O) groups is 1. The van der Waals surface area contributed by atoms with E-state index in [0.717, 1.165) is 32.7 Å². The third-order valence-corrected chi connectivity index (χ3v) is 5.69. The number of hydrogen-bond acceptors (Lipinski definition) is 3. The molecule has 132 valence electrons. The minimum atomic E-state index is 0.291. The highest BCUT2D eigenvalue weighted by Gasteiger charge is 2.41. The van der Waals surface area contributed by atoms with Crippen molar-refractivity contribution >= 4 is 5.91 Å². The molecule has 0 aromatic heterocycles. The van der Waals surface area contributed by atoms with E-state index in [0.29, 0.717) is 17.9 Å². The number of nitrogens with zero attached hydrogens (tertiary/aromatic N) is 3. The molecular formula is C20H31N3O. The molecule has 0 unspecified atom stereocenters. The first-order chi connectivity index (χ1) is 11.5. The Labute approximate surface area is 146 Å². The zero-order valence-corrected chi connectivity index (χ0v) is 15.4. The summed E-state index contributed by atoms with van der Waals surface area (Å²) in [6.07, 6.45) is 3.64. The van der Waals surface area contributed by atoms with Gasteiger partial charge in [-0.2, -0.15) is 0 Å². The number of hydrogen-bond donors (Lipinski definition) is 0. The first-order valence-corrected chi connectivity index (χ1v) is 9.16.